The molecule has 0 aliphatic heterocycles. The highest BCUT2D eigenvalue weighted by atomic mass is 15.1. The van der Waals surface area contributed by atoms with E-state index in [-0.39, 0.29) is 0 Å². The number of hydrogen-bond donors (Lipinski definition) is 0. The van der Waals surface area contributed by atoms with Gasteiger partial charge < -0.3 is 0 Å². The van der Waals surface area contributed by atoms with E-state index in [1.165, 1.54) is 0 Å². The minimum atomic E-state index is 1.03. The number of nitrogens with zero attached hydrogens (tertiary/aromatic N) is 2. The highest BCUT2D eigenvalue weighted by molar-refractivity contribution is 4.75. The molecule has 0 amide bonds. The summed E-state index contributed by atoms with van der Waals surface area (Å²) in [5.41, 5.74) is 0. The van der Waals surface area contributed by atoms with Crippen LogP contribution >= 0.6 is 0 Å². The predicted molar refractivity (Wildman–Crippen MR) is 30.2 cm³/mol. The predicted octanol–water partition coefficient (Wildman–Crippen LogP) is 1.99. The third-order valence-electron chi connectivity index (χ3n) is 0.523. The van der Waals surface area contributed by atoms with Gasteiger partial charge >= 0.3 is 0 Å². The van der Waals surface area contributed by atoms with Crippen molar-refractivity contribution in [3.8, 4) is 0 Å². The Kier molecular flexibility index (Phi) is 4.84. The second kappa shape index (κ2) is 5.34. The van der Waals surface area contributed by atoms with Crippen molar-refractivity contribution in [1.29, 1.82) is 0 Å². The molecule has 0 bridgehead atoms. The van der Waals surface area contributed by atoms with Gasteiger partial charge in [0.05, 0.1) is 0 Å². The Bertz CT molecular complexity index is 74.1. The van der Waals surface area contributed by atoms with Gasteiger partial charge in [-0.25, -0.2) is 0 Å². The lowest BCUT2D eigenvalue weighted by Crippen LogP contribution is -1.49. The van der Waals surface area contributed by atoms with Crippen molar-refractivity contribution in [2.24, 2.45) is 10.2 Å². The van der Waals surface area contributed by atoms with Crippen LogP contribution in [0.15, 0.2) is 22.5 Å². The van der Waals surface area contributed by atoms with E-state index in [1.807, 2.05) is 6.08 Å². The maximum Gasteiger partial charge on any atom is 0.0491 e. The van der Waals surface area contributed by atoms with Crippen LogP contribution < -0.4 is 0 Å². The van der Waals surface area contributed by atoms with Crippen LogP contribution in [0.3, 0.4) is 0 Å². The zero-order chi connectivity index (χ0) is 5.54. The molecule has 0 rings (SSSR count). The summed E-state index contributed by atoms with van der Waals surface area (Å²) in [6.45, 7) is 2.06. The number of hydrogen-bond acceptors (Lipinski definition) is 2. The van der Waals surface area contributed by atoms with Crippen LogP contribution in [0.5, 0.6) is 0 Å². The average molecular weight is 98.1 g/mol. The first-order valence-electron chi connectivity index (χ1n) is 2.35. The SMILES string of the molecule is CC/C=C/N=N/C. The molecule has 0 spiro atoms. The summed E-state index contributed by atoms with van der Waals surface area (Å²) in [5, 5.41) is 7.12. The maximum atomic E-state index is 3.61. The van der Waals surface area contributed by atoms with Gasteiger partial charge in [0.25, 0.3) is 0 Å². The van der Waals surface area contributed by atoms with Crippen LogP contribution in [0.25, 0.3) is 0 Å². The molecule has 0 aromatic carbocycles. The summed E-state index contributed by atoms with van der Waals surface area (Å²) < 4.78 is 0. The van der Waals surface area contributed by atoms with E-state index >= 15 is 0 Å². The zero-order valence-electron chi connectivity index (χ0n) is 4.76. The quantitative estimate of drug-likeness (QED) is 0.472. The molecule has 0 radical (unpaired) electrons. The number of azo groups is 1. The lowest BCUT2D eigenvalue weighted by Gasteiger charge is -1.70. The fourth-order valence-corrected chi connectivity index (χ4v) is 0.219. The molecule has 0 aliphatic rings. The van der Waals surface area contributed by atoms with Crippen LogP contribution in [0.1, 0.15) is 13.3 Å². The molecule has 7 heavy (non-hydrogen) atoms. The topological polar surface area (TPSA) is 24.7 Å². The van der Waals surface area contributed by atoms with Crippen molar-refractivity contribution >= 4 is 0 Å². The molecule has 40 valence electrons. The summed E-state index contributed by atoms with van der Waals surface area (Å²) in [6, 6.07) is 0. The van der Waals surface area contributed by atoms with Crippen molar-refractivity contribution < 1.29 is 0 Å². The van der Waals surface area contributed by atoms with Gasteiger partial charge in [-0.2, -0.15) is 10.2 Å². The Morgan fingerprint density at radius 2 is 2.29 bits per heavy atom. The van der Waals surface area contributed by atoms with Crippen LogP contribution in [-0.2, 0) is 0 Å². The van der Waals surface area contributed by atoms with E-state index in [9.17, 15) is 0 Å². The third-order valence-corrected chi connectivity index (χ3v) is 0.523. The number of rotatable bonds is 2. The van der Waals surface area contributed by atoms with E-state index < -0.39 is 0 Å². The lowest BCUT2D eigenvalue weighted by atomic mass is 10.5. The molecule has 0 saturated carbocycles. The second-order valence-corrected chi connectivity index (χ2v) is 1.11. The van der Waals surface area contributed by atoms with E-state index in [2.05, 4.69) is 17.2 Å². The van der Waals surface area contributed by atoms with Gasteiger partial charge in [0.15, 0.2) is 0 Å². The van der Waals surface area contributed by atoms with E-state index in [0.29, 0.717) is 0 Å². The molecule has 0 atom stereocenters. The Balaban J connectivity index is 3.09. The molecule has 0 aromatic rings. The minimum absolute atomic E-state index is 1.03. The molecule has 0 aliphatic carbocycles. The molecular formula is C5H10N2. The molecule has 2 heteroatoms. The van der Waals surface area contributed by atoms with Gasteiger partial charge in [-0.15, -0.1) is 0 Å². The number of allylic oxidation sites excluding steroid dienone is 1. The van der Waals surface area contributed by atoms with Crippen molar-refractivity contribution in [2.45, 2.75) is 13.3 Å². The van der Waals surface area contributed by atoms with Crippen molar-refractivity contribution in [1.82, 2.24) is 0 Å². The van der Waals surface area contributed by atoms with Crippen LogP contribution in [0.2, 0.25) is 0 Å². The molecular weight excluding hydrogens is 88.1 g/mol. The van der Waals surface area contributed by atoms with Gasteiger partial charge in [0, 0.05) is 13.2 Å². The normalized spacial score (nSPS) is 11.7. The van der Waals surface area contributed by atoms with E-state index in [0.717, 1.165) is 6.42 Å². The van der Waals surface area contributed by atoms with Crippen LogP contribution in [-0.4, -0.2) is 7.05 Å². The Morgan fingerprint density at radius 3 is 2.71 bits per heavy atom. The highest BCUT2D eigenvalue weighted by Crippen LogP contribution is 1.79. The van der Waals surface area contributed by atoms with Gasteiger partial charge in [0.1, 0.15) is 0 Å². The maximum absolute atomic E-state index is 3.61. The Morgan fingerprint density at radius 1 is 1.57 bits per heavy atom. The van der Waals surface area contributed by atoms with E-state index in [1.54, 1.807) is 13.2 Å². The van der Waals surface area contributed by atoms with E-state index in [4.69, 9.17) is 0 Å². The van der Waals surface area contributed by atoms with Crippen LogP contribution in [0, 0.1) is 0 Å². The van der Waals surface area contributed by atoms with Gasteiger partial charge in [0.2, 0.25) is 0 Å². The summed E-state index contributed by atoms with van der Waals surface area (Å²) in [7, 11) is 1.65. The second-order valence-electron chi connectivity index (χ2n) is 1.11. The molecule has 0 unspecified atom stereocenters. The third kappa shape index (κ3) is 5.34. The Hall–Kier alpha value is -0.660. The standard InChI is InChI=1S/C5H10N2/c1-3-4-5-7-6-2/h4-5H,3H2,1-2H3/b5-4+,7-6+. The minimum Gasteiger partial charge on any atom is -0.193 e. The summed E-state index contributed by atoms with van der Waals surface area (Å²) in [5.74, 6) is 0. The van der Waals surface area contributed by atoms with Crippen molar-refractivity contribution in [3.05, 3.63) is 12.3 Å². The fraction of sp³-hybridized carbons (Fsp3) is 0.600. The van der Waals surface area contributed by atoms with Gasteiger partial charge in [-0.05, 0) is 6.42 Å². The first kappa shape index (κ1) is 6.34. The fourth-order valence-electron chi connectivity index (χ4n) is 0.219. The Labute approximate surface area is 44.0 Å². The molecule has 0 N–H and O–H groups in total. The molecule has 0 saturated heterocycles. The smallest absolute Gasteiger partial charge is 0.0491 e. The van der Waals surface area contributed by atoms with Gasteiger partial charge in [-0.3, -0.25) is 0 Å². The van der Waals surface area contributed by atoms with Crippen molar-refractivity contribution in [3.63, 3.8) is 0 Å². The first-order chi connectivity index (χ1) is 3.41. The van der Waals surface area contributed by atoms with Crippen LogP contribution in [0.4, 0.5) is 0 Å². The molecule has 0 heterocycles. The van der Waals surface area contributed by atoms with Crippen molar-refractivity contribution in [2.75, 3.05) is 7.05 Å². The highest BCUT2D eigenvalue weighted by Gasteiger charge is 1.58. The monoisotopic (exact) mass is 98.1 g/mol. The lowest BCUT2D eigenvalue weighted by molar-refractivity contribution is 1.13. The first-order valence-corrected chi connectivity index (χ1v) is 2.35. The summed E-state index contributed by atoms with van der Waals surface area (Å²) >= 11 is 0. The molecule has 2 nitrogen and oxygen atoms in total. The average Bonchev–Trinajstić information content (AvgIpc) is 1.69. The van der Waals surface area contributed by atoms with Gasteiger partial charge in [-0.1, -0.05) is 13.0 Å². The summed E-state index contributed by atoms with van der Waals surface area (Å²) in [6.07, 6.45) is 4.67. The molecule has 0 fully saturated rings. The summed E-state index contributed by atoms with van der Waals surface area (Å²) in [4.78, 5) is 0. The zero-order valence-corrected chi connectivity index (χ0v) is 4.76. The molecule has 0 aromatic heterocycles. The largest absolute Gasteiger partial charge is 0.193 e.